The Labute approximate surface area is 301 Å². The van der Waals surface area contributed by atoms with Crippen LogP contribution in [0.25, 0.3) is 0 Å². The van der Waals surface area contributed by atoms with Gasteiger partial charge in [0.05, 0.1) is 21.0 Å². The molecule has 14 heteroatoms. The number of hydrogen-bond donors (Lipinski definition) is 2. The molecule has 3 aromatic rings. The fourth-order valence-electron chi connectivity index (χ4n) is 5.10. The van der Waals surface area contributed by atoms with Gasteiger partial charge in [-0.2, -0.15) is 0 Å². The molecule has 0 unspecified atom stereocenters. The first-order valence-corrected chi connectivity index (χ1v) is 16.7. The van der Waals surface area contributed by atoms with Crippen LogP contribution < -0.4 is 10.6 Å². The van der Waals surface area contributed by atoms with Crippen LogP contribution in [0.5, 0.6) is 0 Å². The Kier molecular flexibility index (Phi) is 12.1. The van der Waals surface area contributed by atoms with Gasteiger partial charge in [-0.15, -0.1) is 23.2 Å². The molecule has 7 nitrogen and oxygen atoms in total. The van der Waals surface area contributed by atoms with Crippen molar-refractivity contribution >= 4 is 87.3 Å². The molecule has 0 heterocycles. The third kappa shape index (κ3) is 9.39. The topological polar surface area (TPSA) is 102 Å². The lowest BCUT2D eigenvalue weighted by Crippen LogP contribution is -2.33. The zero-order chi connectivity index (χ0) is 35.6. The van der Waals surface area contributed by atoms with Crippen LogP contribution in [0.1, 0.15) is 66.6 Å². The third-order valence-corrected chi connectivity index (χ3v) is 9.47. The van der Waals surface area contributed by atoms with Crippen molar-refractivity contribution in [3.8, 4) is 0 Å². The lowest BCUT2D eigenvalue weighted by atomic mass is 9.97. The van der Waals surface area contributed by atoms with Gasteiger partial charge in [-0.3, -0.25) is 14.4 Å². The molecule has 0 aliphatic heterocycles. The van der Waals surface area contributed by atoms with E-state index >= 15 is 4.39 Å². The molecule has 1 aliphatic carbocycles. The molecule has 0 radical (unpaired) electrons. The second-order valence-corrected chi connectivity index (χ2v) is 15.0. The van der Waals surface area contributed by atoms with Gasteiger partial charge in [0, 0.05) is 48.5 Å². The Balaban J connectivity index is 1.39. The van der Waals surface area contributed by atoms with Crippen molar-refractivity contribution in [1.82, 2.24) is 5.32 Å². The summed E-state index contributed by atoms with van der Waals surface area (Å²) in [6.45, 7) is 5.27. The van der Waals surface area contributed by atoms with Crippen molar-refractivity contribution in [1.29, 1.82) is 0 Å². The molecule has 3 aromatic carbocycles. The number of rotatable bonds is 12. The predicted octanol–water partition coefficient (Wildman–Crippen LogP) is 9.29. The van der Waals surface area contributed by atoms with Crippen molar-refractivity contribution in [3.05, 3.63) is 97.5 Å². The quantitative estimate of drug-likeness (QED) is 0.109. The lowest BCUT2D eigenvalue weighted by molar-refractivity contribution is -0.119. The molecule has 1 aliphatic rings. The fourth-order valence-corrected chi connectivity index (χ4v) is 6.46. The van der Waals surface area contributed by atoms with E-state index in [4.69, 9.17) is 62.7 Å². The van der Waals surface area contributed by atoms with E-state index in [1.54, 1.807) is 39.0 Å². The van der Waals surface area contributed by atoms with E-state index in [1.165, 1.54) is 18.2 Å². The van der Waals surface area contributed by atoms with E-state index in [2.05, 4.69) is 10.6 Å². The van der Waals surface area contributed by atoms with Crippen molar-refractivity contribution in [2.24, 2.45) is 5.92 Å². The first-order chi connectivity index (χ1) is 22.4. The van der Waals surface area contributed by atoms with Gasteiger partial charge in [-0.25, -0.2) is 13.6 Å². The summed E-state index contributed by atoms with van der Waals surface area (Å²) < 4.78 is 33.7. The van der Waals surface area contributed by atoms with Gasteiger partial charge >= 0.3 is 6.09 Å². The Bertz CT molecular complexity index is 1760. The summed E-state index contributed by atoms with van der Waals surface area (Å²) in [5, 5.41) is 5.87. The monoisotopic (exact) mass is 760 g/mol. The number of carbonyl (C=O) groups is 4. The van der Waals surface area contributed by atoms with Gasteiger partial charge in [0.15, 0.2) is 5.78 Å². The standard InChI is InChI=1S/C34H31Cl5F2N2O5/c1-33(2,3)48-32(47)42-12-4-5-20(44)16-22-26(40)11-7-18(30(22)41)14-27(45)21-15-19(8-10-23(21)35)43-31(46)29-28(34(29,38)39)17-6-9-24(36)25(37)13-17/h6-11,13,15,28-29H,4-5,12,14,16H2,1-3H3,(H,42,47)(H,43,46)/t28-,29+/m0/s1. The summed E-state index contributed by atoms with van der Waals surface area (Å²) in [5.41, 5.74) is -0.471. The molecule has 0 spiro atoms. The predicted molar refractivity (Wildman–Crippen MR) is 184 cm³/mol. The maximum atomic E-state index is 15.4. The van der Waals surface area contributed by atoms with E-state index in [1.807, 2.05) is 0 Å². The number of amides is 2. The van der Waals surface area contributed by atoms with Crippen LogP contribution in [0.4, 0.5) is 19.3 Å². The maximum absolute atomic E-state index is 15.4. The number of ether oxygens (including phenoxy) is 1. The van der Waals surface area contributed by atoms with Crippen molar-refractivity contribution in [2.75, 3.05) is 11.9 Å². The van der Waals surface area contributed by atoms with Crippen LogP contribution in [0, 0.1) is 17.6 Å². The minimum Gasteiger partial charge on any atom is -0.444 e. The molecule has 48 heavy (non-hydrogen) atoms. The summed E-state index contributed by atoms with van der Waals surface area (Å²) in [7, 11) is 0. The van der Waals surface area contributed by atoms with Crippen LogP contribution >= 0.6 is 58.0 Å². The number of alkyl halides is 2. The van der Waals surface area contributed by atoms with E-state index in [9.17, 15) is 23.6 Å². The minimum absolute atomic E-state index is 0.0202. The summed E-state index contributed by atoms with van der Waals surface area (Å²) in [6, 6.07) is 11.1. The van der Waals surface area contributed by atoms with Gasteiger partial charge in [0.25, 0.3) is 0 Å². The first kappa shape index (κ1) is 37.9. The third-order valence-electron chi connectivity index (χ3n) is 7.46. The largest absolute Gasteiger partial charge is 0.444 e. The molecule has 1 saturated carbocycles. The van der Waals surface area contributed by atoms with Crippen molar-refractivity contribution in [3.63, 3.8) is 0 Å². The van der Waals surface area contributed by atoms with Crippen LogP contribution in [0.15, 0.2) is 48.5 Å². The summed E-state index contributed by atoms with van der Waals surface area (Å²) in [4.78, 5) is 50.7. The van der Waals surface area contributed by atoms with E-state index < -0.39 is 75.4 Å². The summed E-state index contributed by atoms with van der Waals surface area (Å²) >= 11 is 31.3. The number of carbonyl (C=O) groups excluding carboxylic acids is 4. The average molecular weight is 763 g/mol. The highest BCUT2D eigenvalue weighted by molar-refractivity contribution is 6.53. The molecular weight excluding hydrogens is 732 g/mol. The number of benzene rings is 3. The molecule has 2 N–H and O–H groups in total. The molecule has 0 bridgehead atoms. The molecule has 256 valence electrons. The number of hydrogen-bond acceptors (Lipinski definition) is 5. The second-order valence-electron chi connectivity index (χ2n) is 12.3. The van der Waals surface area contributed by atoms with Crippen LogP contribution in [0.3, 0.4) is 0 Å². The van der Waals surface area contributed by atoms with Crippen LogP contribution in [-0.2, 0) is 27.2 Å². The fraction of sp³-hybridized carbons (Fsp3) is 0.353. The number of alkyl carbamates (subject to hydrolysis) is 1. The van der Waals surface area contributed by atoms with Crippen LogP contribution in [0.2, 0.25) is 15.1 Å². The zero-order valence-corrected chi connectivity index (χ0v) is 29.8. The molecule has 1 fully saturated rings. The Morgan fingerprint density at radius 2 is 1.58 bits per heavy atom. The van der Waals surface area contributed by atoms with E-state index in [0.29, 0.717) is 10.6 Å². The van der Waals surface area contributed by atoms with Crippen molar-refractivity contribution in [2.45, 2.75) is 62.3 Å². The van der Waals surface area contributed by atoms with Crippen molar-refractivity contribution < 1.29 is 32.7 Å². The highest BCUT2D eigenvalue weighted by Crippen LogP contribution is 2.65. The highest BCUT2D eigenvalue weighted by Gasteiger charge is 2.67. The number of anilines is 1. The zero-order valence-electron chi connectivity index (χ0n) is 26.0. The molecule has 4 rings (SSSR count). The molecule has 2 amide bonds. The second kappa shape index (κ2) is 15.3. The van der Waals surface area contributed by atoms with E-state index in [0.717, 1.165) is 12.1 Å². The normalized spacial score (nSPS) is 16.6. The minimum atomic E-state index is -1.41. The van der Waals surface area contributed by atoms with Gasteiger partial charge in [-0.1, -0.05) is 46.9 Å². The van der Waals surface area contributed by atoms with E-state index in [-0.39, 0.29) is 46.2 Å². The number of halogens is 7. The van der Waals surface area contributed by atoms with Gasteiger partial charge in [0.1, 0.15) is 27.4 Å². The SMILES string of the molecule is CC(C)(C)OC(=O)NCCCC(=O)Cc1c(F)ccc(CC(=O)c2cc(NC(=O)[C@H]3[C@H](c4ccc(Cl)c(Cl)c4)C3(Cl)Cl)ccc2Cl)c1F. The number of Topliss-reactive ketones (excluding diaryl/α,β-unsaturated/α-hetero) is 2. The molecule has 2 atom stereocenters. The van der Waals surface area contributed by atoms with Crippen LogP contribution in [-0.4, -0.2) is 40.0 Å². The Hall–Kier alpha value is -2.95. The Morgan fingerprint density at radius 1 is 0.896 bits per heavy atom. The summed E-state index contributed by atoms with van der Waals surface area (Å²) in [6.07, 6.45) is -1.49. The number of ketones is 2. The first-order valence-electron chi connectivity index (χ1n) is 14.8. The molecular formula is C34H31Cl5F2N2O5. The molecule has 0 saturated heterocycles. The lowest BCUT2D eigenvalue weighted by Gasteiger charge is -2.19. The maximum Gasteiger partial charge on any atom is 0.407 e. The van der Waals surface area contributed by atoms with Gasteiger partial charge < -0.3 is 15.4 Å². The smallest absolute Gasteiger partial charge is 0.407 e. The average Bonchev–Trinajstić information content (AvgIpc) is 3.58. The molecule has 0 aromatic heterocycles. The Morgan fingerprint density at radius 3 is 2.25 bits per heavy atom. The number of nitrogens with one attached hydrogen (secondary N) is 2. The summed E-state index contributed by atoms with van der Waals surface area (Å²) in [5.74, 6) is -4.95. The highest BCUT2D eigenvalue weighted by atomic mass is 35.5. The van der Waals surface area contributed by atoms with Gasteiger partial charge in [-0.05, 0) is 74.7 Å². The van der Waals surface area contributed by atoms with Gasteiger partial charge in [0.2, 0.25) is 5.91 Å².